The second kappa shape index (κ2) is 6.35. The van der Waals surface area contributed by atoms with Gasteiger partial charge in [0.15, 0.2) is 0 Å². The molecule has 1 aliphatic rings. The Morgan fingerprint density at radius 3 is 2.74 bits per heavy atom. The summed E-state index contributed by atoms with van der Waals surface area (Å²) >= 11 is 0. The number of ether oxygens (including phenoxy) is 1. The average Bonchev–Trinajstić information content (AvgIpc) is 2.41. The number of rotatable bonds is 4. The third-order valence-electron chi connectivity index (χ3n) is 4.03. The lowest BCUT2D eigenvalue weighted by atomic mass is 9.90. The van der Waals surface area contributed by atoms with Crippen LogP contribution in [0.2, 0.25) is 0 Å². The number of methoxy groups -OCH3 is 1. The van der Waals surface area contributed by atoms with Crippen LogP contribution in [0.15, 0.2) is 18.2 Å². The molecule has 0 saturated heterocycles. The van der Waals surface area contributed by atoms with Crippen LogP contribution in [-0.4, -0.2) is 31.1 Å². The molecular weight excluding hydrogens is 243 g/mol. The van der Waals surface area contributed by atoms with Gasteiger partial charge in [0.25, 0.3) is 0 Å². The van der Waals surface area contributed by atoms with E-state index in [0.29, 0.717) is 23.9 Å². The molecule has 3 nitrogen and oxygen atoms in total. The summed E-state index contributed by atoms with van der Waals surface area (Å²) < 4.78 is 18.9. The molecule has 19 heavy (non-hydrogen) atoms. The zero-order chi connectivity index (χ0) is 13.8. The van der Waals surface area contributed by atoms with Crippen molar-refractivity contribution in [3.05, 3.63) is 29.6 Å². The van der Waals surface area contributed by atoms with Gasteiger partial charge in [-0.1, -0.05) is 18.9 Å². The first kappa shape index (κ1) is 14.3. The molecule has 0 amide bonds. The summed E-state index contributed by atoms with van der Waals surface area (Å²) in [4.78, 5) is 2.18. The smallest absolute Gasteiger partial charge is 0.131 e. The molecule has 1 saturated carbocycles. The molecule has 0 radical (unpaired) electrons. The van der Waals surface area contributed by atoms with E-state index in [1.807, 2.05) is 7.05 Å². The average molecular weight is 266 g/mol. The molecule has 1 aromatic rings. The highest BCUT2D eigenvalue weighted by Gasteiger charge is 2.25. The Hall–Kier alpha value is -1.13. The maximum absolute atomic E-state index is 13.9. The summed E-state index contributed by atoms with van der Waals surface area (Å²) in [6.45, 7) is 0.591. The molecule has 2 atom stereocenters. The first-order chi connectivity index (χ1) is 9.11. The highest BCUT2D eigenvalue weighted by molar-refractivity contribution is 5.28. The molecular formula is C15H23FN2O. The van der Waals surface area contributed by atoms with Crippen molar-refractivity contribution in [1.29, 1.82) is 0 Å². The van der Waals surface area contributed by atoms with Gasteiger partial charge in [-0.25, -0.2) is 4.39 Å². The number of hydrogen-bond donors (Lipinski definition) is 1. The molecule has 0 heterocycles. The number of nitrogens with two attached hydrogens (primary N) is 1. The van der Waals surface area contributed by atoms with Crippen LogP contribution in [0.25, 0.3) is 0 Å². The molecule has 1 fully saturated rings. The van der Waals surface area contributed by atoms with Crippen molar-refractivity contribution in [2.45, 2.75) is 44.3 Å². The Morgan fingerprint density at radius 1 is 1.37 bits per heavy atom. The van der Waals surface area contributed by atoms with Gasteiger partial charge >= 0.3 is 0 Å². The fourth-order valence-electron chi connectivity index (χ4n) is 2.86. The molecule has 0 spiro atoms. The first-order valence-electron chi connectivity index (χ1n) is 6.90. The lowest BCUT2D eigenvalue weighted by Gasteiger charge is -2.36. The van der Waals surface area contributed by atoms with Crippen molar-refractivity contribution in [2.75, 3.05) is 14.2 Å². The third-order valence-corrected chi connectivity index (χ3v) is 4.03. The molecule has 1 aromatic carbocycles. The van der Waals surface area contributed by atoms with Gasteiger partial charge in [0.1, 0.15) is 11.6 Å². The molecule has 0 aliphatic heterocycles. The van der Waals surface area contributed by atoms with Crippen molar-refractivity contribution in [1.82, 2.24) is 4.90 Å². The second-order valence-electron chi connectivity index (χ2n) is 5.39. The van der Waals surface area contributed by atoms with Crippen molar-refractivity contribution >= 4 is 0 Å². The van der Waals surface area contributed by atoms with Gasteiger partial charge in [0, 0.05) is 30.3 Å². The third kappa shape index (κ3) is 3.45. The highest BCUT2D eigenvalue weighted by atomic mass is 19.1. The largest absolute Gasteiger partial charge is 0.497 e. The topological polar surface area (TPSA) is 38.5 Å². The van der Waals surface area contributed by atoms with Crippen LogP contribution in [0.3, 0.4) is 0 Å². The standard InChI is InChI=1S/C15H23FN2O/c1-18(15-6-4-3-5-14(15)17)10-11-7-8-12(19-2)9-13(11)16/h7-9,14-15H,3-6,10,17H2,1-2H3. The van der Waals surface area contributed by atoms with Gasteiger partial charge in [-0.05, 0) is 26.0 Å². The molecule has 106 valence electrons. The molecule has 2 unspecified atom stereocenters. The minimum atomic E-state index is -0.212. The quantitative estimate of drug-likeness (QED) is 0.910. The van der Waals surface area contributed by atoms with Gasteiger partial charge in [-0.15, -0.1) is 0 Å². The molecule has 0 aromatic heterocycles. The van der Waals surface area contributed by atoms with Crippen molar-refractivity contribution in [2.24, 2.45) is 5.73 Å². The number of hydrogen-bond acceptors (Lipinski definition) is 3. The monoisotopic (exact) mass is 266 g/mol. The normalized spacial score (nSPS) is 23.6. The fraction of sp³-hybridized carbons (Fsp3) is 0.600. The number of halogens is 1. The minimum absolute atomic E-state index is 0.208. The van der Waals surface area contributed by atoms with E-state index in [2.05, 4.69) is 4.90 Å². The lowest BCUT2D eigenvalue weighted by molar-refractivity contribution is 0.160. The maximum Gasteiger partial charge on any atom is 0.131 e. The van der Waals surface area contributed by atoms with Crippen LogP contribution >= 0.6 is 0 Å². The van der Waals surface area contributed by atoms with Gasteiger partial charge in [-0.3, -0.25) is 4.90 Å². The Bertz CT molecular complexity index is 425. The minimum Gasteiger partial charge on any atom is -0.497 e. The number of benzene rings is 1. The van der Waals surface area contributed by atoms with Crippen LogP contribution < -0.4 is 10.5 Å². The summed E-state index contributed by atoms with van der Waals surface area (Å²) in [6.07, 6.45) is 4.60. The van der Waals surface area contributed by atoms with Gasteiger partial charge in [0.05, 0.1) is 7.11 Å². The molecule has 0 bridgehead atoms. The van der Waals surface area contributed by atoms with Crippen LogP contribution in [0, 0.1) is 5.82 Å². The lowest BCUT2D eigenvalue weighted by Crippen LogP contribution is -2.47. The Labute approximate surface area is 114 Å². The summed E-state index contributed by atoms with van der Waals surface area (Å²) in [7, 11) is 3.57. The van der Waals surface area contributed by atoms with Gasteiger partial charge in [-0.2, -0.15) is 0 Å². The summed E-state index contributed by atoms with van der Waals surface area (Å²) in [5, 5.41) is 0. The zero-order valence-corrected chi connectivity index (χ0v) is 11.7. The molecule has 2 N–H and O–H groups in total. The van der Waals surface area contributed by atoms with Crippen molar-refractivity contribution in [3.63, 3.8) is 0 Å². The van der Waals surface area contributed by atoms with E-state index < -0.39 is 0 Å². The fourth-order valence-corrected chi connectivity index (χ4v) is 2.86. The van der Waals surface area contributed by atoms with E-state index in [4.69, 9.17) is 10.5 Å². The van der Waals surface area contributed by atoms with Gasteiger partial charge < -0.3 is 10.5 Å². The highest BCUT2D eigenvalue weighted by Crippen LogP contribution is 2.24. The van der Waals surface area contributed by atoms with E-state index in [-0.39, 0.29) is 11.9 Å². The van der Waals surface area contributed by atoms with Crippen molar-refractivity contribution in [3.8, 4) is 5.75 Å². The van der Waals surface area contributed by atoms with E-state index in [9.17, 15) is 4.39 Å². The van der Waals surface area contributed by atoms with Crippen LogP contribution in [0.4, 0.5) is 4.39 Å². The van der Waals surface area contributed by atoms with E-state index in [1.165, 1.54) is 18.9 Å². The molecule has 2 rings (SSSR count). The predicted molar refractivity (Wildman–Crippen MR) is 74.7 cm³/mol. The Morgan fingerprint density at radius 2 is 2.11 bits per heavy atom. The van der Waals surface area contributed by atoms with E-state index in [0.717, 1.165) is 12.8 Å². The number of nitrogens with zero attached hydrogens (tertiary/aromatic N) is 1. The Kier molecular flexibility index (Phi) is 4.77. The summed E-state index contributed by atoms with van der Waals surface area (Å²) in [5.41, 5.74) is 6.86. The SMILES string of the molecule is COc1ccc(CN(C)C2CCCCC2N)c(F)c1. The Balaban J connectivity index is 2.03. The maximum atomic E-state index is 13.9. The van der Waals surface area contributed by atoms with E-state index >= 15 is 0 Å². The molecule has 4 heteroatoms. The van der Waals surface area contributed by atoms with E-state index in [1.54, 1.807) is 19.2 Å². The van der Waals surface area contributed by atoms with Crippen LogP contribution in [-0.2, 0) is 6.54 Å². The molecule has 1 aliphatic carbocycles. The van der Waals surface area contributed by atoms with Crippen LogP contribution in [0.5, 0.6) is 5.75 Å². The zero-order valence-electron chi connectivity index (χ0n) is 11.7. The summed E-state index contributed by atoms with van der Waals surface area (Å²) in [5.74, 6) is 0.342. The van der Waals surface area contributed by atoms with Crippen LogP contribution in [0.1, 0.15) is 31.2 Å². The van der Waals surface area contributed by atoms with Gasteiger partial charge in [0.2, 0.25) is 0 Å². The number of likely N-dealkylation sites (N-methyl/N-ethyl adjacent to an activating group) is 1. The summed E-state index contributed by atoms with van der Waals surface area (Å²) in [6, 6.07) is 5.59. The van der Waals surface area contributed by atoms with Crippen molar-refractivity contribution < 1.29 is 9.13 Å². The first-order valence-corrected chi connectivity index (χ1v) is 6.90. The predicted octanol–water partition coefficient (Wildman–Crippen LogP) is 2.54. The second-order valence-corrected chi connectivity index (χ2v) is 5.39.